The van der Waals surface area contributed by atoms with Gasteiger partial charge in [0, 0.05) is 44.1 Å². The molecule has 1 unspecified atom stereocenters. The zero-order chi connectivity index (χ0) is 23.8. The number of rotatable bonds is 11. The Balaban J connectivity index is 1.63. The van der Waals surface area contributed by atoms with Crippen LogP contribution in [0.4, 0.5) is 5.82 Å². The van der Waals surface area contributed by atoms with Crippen molar-refractivity contribution < 1.29 is 14.3 Å². The van der Waals surface area contributed by atoms with Gasteiger partial charge in [-0.2, -0.15) is 10.2 Å². The van der Waals surface area contributed by atoms with Crippen LogP contribution in [0.5, 0.6) is 5.88 Å². The van der Waals surface area contributed by atoms with Crippen LogP contribution in [0, 0.1) is 11.3 Å². The summed E-state index contributed by atoms with van der Waals surface area (Å²) in [5.41, 5.74) is -0.105. The number of hydrogen-bond acceptors (Lipinski definition) is 8. The standard InChI is InChI=1S/C24H32N6O3/c1-5-29(16-18(3)30(6-2)20-9-8-19(14-25)15-27-20)22(31)17-33-24(11-7-12-24)23-26-13-10-21(28-23)32-4/h8-10,13,15,18H,5-7,11-12,16-17H2,1-4H3. The molecule has 1 amide bonds. The van der Waals surface area contributed by atoms with Gasteiger partial charge in [-0.3, -0.25) is 4.79 Å². The number of likely N-dealkylation sites (N-methyl/N-ethyl adjacent to an activating group) is 2. The normalized spacial score (nSPS) is 15.1. The topological polar surface area (TPSA) is 104 Å². The molecule has 1 aliphatic rings. The number of nitriles is 1. The highest BCUT2D eigenvalue weighted by molar-refractivity contribution is 5.77. The monoisotopic (exact) mass is 452 g/mol. The summed E-state index contributed by atoms with van der Waals surface area (Å²) in [5.74, 6) is 1.78. The molecule has 2 aromatic rings. The van der Waals surface area contributed by atoms with Crippen LogP contribution < -0.4 is 9.64 Å². The quantitative estimate of drug-likeness (QED) is 0.513. The van der Waals surface area contributed by atoms with Gasteiger partial charge in [0.15, 0.2) is 5.82 Å². The molecule has 3 rings (SSSR count). The first-order valence-corrected chi connectivity index (χ1v) is 11.4. The van der Waals surface area contributed by atoms with Gasteiger partial charge in [-0.1, -0.05) is 0 Å². The third kappa shape index (κ3) is 5.57. The zero-order valence-electron chi connectivity index (χ0n) is 19.8. The number of carbonyl (C=O) groups is 1. The van der Waals surface area contributed by atoms with Crippen LogP contribution in [0.15, 0.2) is 30.6 Å². The van der Waals surface area contributed by atoms with Gasteiger partial charge in [0.1, 0.15) is 24.1 Å². The maximum Gasteiger partial charge on any atom is 0.248 e. The summed E-state index contributed by atoms with van der Waals surface area (Å²) >= 11 is 0. The summed E-state index contributed by atoms with van der Waals surface area (Å²) in [7, 11) is 1.57. The molecule has 1 fully saturated rings. The van der Waals surface area contributed by atoms with Crippen molar-refractivity contribution in [3.8, 4) is 11.9 Å². The lowest BCUT2D eigenvalue weighted by atomic mass is 9.79. The summed E-state index contributed by atoms with van der Waals surface area (Å²) in [5, 5.41) is 9.00. The molecule has 0 radical (unpaired) electrons. The van der Waals surface area contributed by atoms with Crippen molar-refractivity contribution in [2.75, 3.05) is 38.3 Å². The van der Waals surface area contributed by atoms with Gasteiger partial charge in [0.25, 0.3) is 0 Å². The first-order valence-electron chi connectivity index (χ1n) is 11.4. The van der Waals surface area contributed by atoms with Gasteiger partial charge >= 0.3 is 0 Å². The Labute approximate surface area is 195 Å². The average Bonchev–Trinajstić information content (AvgIpc) is 2.82. The molecular formula is C24H32N6O3. The third-order valence-corrected chi connectivity index (χ3v) is 6.14. The Bertz CT molecular complexity index is 971. The minimum atomic E-state index is -0.628. The Morgan fingerprint density at radius 1 is 1.24 bits per heavy atom. The predicted molar refractivity (Wildman–Crippen MR) is 124 cm³/mol. The number of anilines is 1. The van der Waals surface area contributed by atoms with E-state index >= 15 is 0 Å². The molecule has 1 atom stereocenters. The van der Waals surface area contributed by atoms with Crippen LogP contribution in [0.3, 0.4) is 0 Å². The molecule has 9 nitrogen and oxygen atoms in total. The highest BCUT2D eigenvalue weighted by Gasteiger charge is 2.43. The second-order valence-corrected chi connectivity index (χ2v) is 8.14. The fourth-order valence-electron chi connectivity index (χ4n) is 4.04. The van der Waals surface area contributed by atoms with Crippen molar-refractivity contribution in [1.29, 1.82) is 5.26 Å². The first-order chi connectivity index (χ1) is 16.0. The number of carbonyl (C=O) groups excluding carboxylic acids is 1. The van der Waals surface area contributed by atoms with E-state index < -0.39 is 5.60 Å². The number of amides is 1. The Hall–Kier alpha value is -3.25. The van der Waals surface area contributed by atoms with Crippen LogP contribution in [0.2, 0.25) is 0 Å². The van der Waals surface area contributed by atoms with E-state index in [0.717, 1.165) is 31.6 Å². The lowest BCUT2D eigenvalue weighted by molar-refractivity contribution is -0.155. The van der Waals surface area contributed by atoms with Gasteiger partial charge in [0.05, 0.1) is 12.7 Å². The van der Waals surface area contributed by atoms with E-state index in [-0.39, 0.29) is 18.6 Å². The van der Waals surface area contributed by atoms with E-state index in [1.807, 2.05) is 19.9 Å². The van der Waals surface area contributed by atoms with E-state index in [1.165, 1.54) is 0 Å². The lowest BCUT2D eigenvalue weighted by Crippen LogP contribution is -2.47. The number of hydrogen-bond donors (Lipinski definition) is 0. The molecule has 0 N–H and O–H groups in total. The minimum Gasteiger partial charge on any atom is -0.481 e. The van der Waals surface area contributed by atoms with E-state index in [9.17, 15) is 4.79 Å². The van der Waals surface area contributed by atoms with E-state index in [4.69, 9.17) is 14.7 Å². The van der Waals surface area contributed by atoms with Crippen molar-refractivity contribution in [2.24, 2.45) is 0 Å². The Morgan fingerprint density at radius 3 is 2.58 bits per heavy atom. The van der Waals surface area contributed by atoms with E-state index in [0.29, 0.717) is 30.4 Å². The van der Waals surface area contributed by atoms with Crippen molar-refractivity contribution >= 4 is 11.7 Å². The molecular weight excluding hydrogens is 420 g/mol. The molecule has 9 heteroatoms. The minimum absolute atomic E-state index is 0.0254. The fraction of sp³-hybridized carbons (Fsp3) is 0.542. The van der Waals surface area contributed by atoms with E-state index in [1.54, 1.807) is 36.5 Å². The fourth-order valence-corrected chi connectivity index (χ4v) is 4.04. The SMILES string of the molecule is CCN(CC(C)N(CC)c1ccc(C#N)cn1)C(=O)COC1(c2nccc(OC)n2)CCC1. The molecule has 0 aliphatic heterocycles. The second kappa shape index (κ2) is 11.1. The molecule has 33 heavy (non-hydrogen) atoms. The van der Waals surface area contributed by atoms with Crippen molar-refractivity contribution in [3.63, 3.8) is 0 Å². The molecule has 0 spiro atoms. The van der Waals surface area contributed by atoms with Crippen LogP contribution in [-0.4, -0.2) is 65.2 Å². The summed E-state index contributed by atoms with van der Waals surface area (Å²) in [4.78, 5) is 30.2. The van der Waals surface area contributed by atoms with Gasteiger partial charge in [-0.15, -0.1) is 0 Å². The number of nitrogens with zero attached hydrogens (tertiary/aromatic N) is 6. The van der Waals surface area contributed by atoms with Crippen molar-refractivity contribution in [1.82, 2.24) is 19.9 Å². The molecule has 0 saturated heterocycles. The molecule has 0 aromatic carbocycles. The number of pyridine rings is 1. The van der Waals surface area contributed by atoms with E-state index in [2.05, 4.69) is 32.8 Å². The second-order valence-electron chi connectivity index (χ2n) is 8.14. The zero-order valence-corrected chi connectivity index (χ0v) is 19.8. The van der Waals surface area contributed by atoms with Crippen LogP contribution in [-0.2, 0) is 15.1 Å². The number of ether oxygens (including phenoxy) is 2. The third-order valence-electron chi connectivity index (χ3n) is 6.14. The van der Waals surface area contributed by atoms with Crippen LogP contribution in [0.1, 0.15) is 51.4 Å². The molecule has 0 bridgehead atoms. The van der Waals surface area contributed by atoms with Gasteiger partial charge in [0.2, 0.25) is 11.8 Å². The summed E-state index contributed by atoms with van der Waals surface area (Å²) in [6.45, 7) is 7.90. The lowest BCUT2D eigenvalue weighted by Gasteiger charge is -2.40. The Morgan fingerprint density at radius 2 is 2.03 bits per heavy atom. The molecule has 2 aromatic heterocycles. The Kier molecular flexibility index (Phi) is 8.17. The maximum atomic E-state index is 13.0. The molecule has 2 heterocycles. The van der Waals surface area contributed by atoms with Crippen LogP contribution >= 0.6 is 0 Å². The number of aromatic nitrogens is 3. The molecule has 176 valence electrons. The highest BCUT2D eigenvalue weighted by Crippen LogP contribution is 2.43. The summed E-state index contributed by atoms with van der Waals surface area (Å²) < 4.78 is 11.4. The first kappa shape index (κ1) is 24.4. The van der Waals surface area contributed by atoms with Crippen molar-refractivity contribution in [3.05, 3.63) is 42.0 Å². The summed E-state index contributed by atoms with van der Waals surface area (Å²) in [6, 6.07) is 7.42. The molecule has 1 saturated carbocycles. The highest BCUT2D eigenvalue weighted by atomic mass is 16.5. The average molecular weight is 453 g/mol. The van der Waals surface area contributed by atoms with Gasteiger partial charge < -0.3 is 19.3 Å². The summed E-state index contributed by atoms with van der Waals surface area (Å²) in [6.07, 6.45) is 5.79. The number of methoxy groups -OCH3 is 1. The largest absolute Gasteiger partial charge is 0.481 e. The smallest absolute Gasteiger partial charge is 0.248 e. The van der Waals surface area contributed by atoms with Crippen LogP contribution in [0.25, 0.3) is 0 Å². The maximum absolute atomic E-state index is 13.0. The van der Waals surface area contributed by atoms with Gasteiger partial charge in [-0.25, -0.2) is 9.97 Å². The van der Waals surface area contributed by atoms with Gasteiger partial charge in [-0.05, 0) is 52.2 Å². The van der Waals surface area contributed by atoms with Crippen molar-refractivity contribution in [2.45, 2.75) is 51.7 Å². The predicted octanol–water partition coefficient (Wildman–Crippen LogP) is 2.91. The molecule has 1 aliphatic carbocycles.